The van der Waals surface area contributed by atoms with E-state index in [0.29, 0.717) is 0 Å². The summed E-state index contributed by atoms with van der Waals surface area (Å²) in [6.07, 6.45) is 4.96. The summed E-state index contributed by atoms with van der Waals surface area (Å²) in [5.74, 6) is 0.459. The molecular formula is C13H21N3O. The average Bonchev–Trinajstić information content (AvgIpc) is 2.89. The van der Waals surface area contributed by atoms with Crippen LogP contribution in [0, 0.1) is 5.92 Å². The number of H-pyrrole nitrogens is 1. The molecule has 2 rings (SSSR count). The molecule has 1 unspecified atom stereocenters. The number of aromatic nitrogens is 1. The van der Waals surface area contributed by atoms with E-state index < -0.39 is 0 Å². The summed E-state index contributed by atoms with van der Waals surface area (Å²) in [6, 6.07) is 4.04. The lowest BCUT2D eigenvalue weighted by atomic mass is 9.98. The van der Waals surface area contributed by atoms with Crippen molar-refractivity contribution in [2.24, 2.45) is 5.92 Å². The Labute approximate surface area is 102 Å². The van der Waals surface area contributed by atoms with Crippen molar-refractivity contribution in [3.63, 3.8) is 0 Å². The number of aromatic amines is 1. The smallest absolute Gasteiger partial charge is 0.226 e. The van der Waals surface area contributed by atoms with Crippen molar-refractivity contribution < 1.29 is 4.79 Å². The van der Waals surface area contributed by atoms with Crippen molar-refractivity contribution in [1.29, 1.82) is 0 Å². The molecule has 0 spiro atoms. The summed E-state index contributed by atoms with van der Waals surface area (Å²) in [7, 11) is 1.90. The second-order valence-corrected chi connectivity index (χ2v) is 4.75. The van der Waals surface area contributed by atoms with Crippen LogP contribution >= 0.6 is 0 Å². The van der Waals surface area contributed by atoms with Gasteiger partial charge in [0.2, 0.25) is 5.91 Å². The number of likely N-dealkylation sites (N-methyl/N-ethyl adjacent to an activating group) is 1. The van der Waals surface area contributed by atoms with Gasteiger partial charge in [-0.1, -0.05) is 0 Å². The van der Waals surface area contributed by atoms with E-state index in [0.717, 1.165) is 38.9 Å². The highest BCUT2D eigenvalue weighted by Crippen LogP contribution is 2.12. The molecule has 0 aliphatic carbocycles. The summed E-state index contributed by atoms with van der Waals surface area (Å²) in [5.41, 5.74) is 1.19. The van der Waals surface area contributed by atoms with Crippen molar-refractivity contribution in [1.82, 2.24) is 15.2 Å². The molecule has 94 valence electrons. The molecule has 0 bridgehead atoms. The fourth-order valence-corrected chi connectivity index (χ4v) is 2.30. The van der Waals surface area contributed by atoms with Crippen LogP contribution in [0.1, 0.15) is 18.5 Å². The number of hydrogen-bond acceptors (Lipinski definition) is 2. The van der Waals surface area contributed by atoms with Gasteiger partial charge in [-0.3, -0.25) is 4.79 Å². The zero-order chi connectivity index (χ0) is 12.1. The Bertz CT molecular complexity index is 342. The minimum atomic E-state index is 0.178. The van der Waals surface area contributed by atoms with Crippen molar-refractivity contribution in [2.75, 3.05) is 26.7 Å². The van der Waals surface area contributed by atoms with Gasteiger partial charge >= 0.3 is 0 Å². The Morgan fingerprint density at radius 3 is 3.12 bits per heavy atom. The summed E-state index contributed by atoms with van der Waals surface area (Å²) >= 11 is 0. The molecule has 0 aromatic carbocycles. The van der Waals surface area contributed by atoms with E-state index >= 15 is 0 Å². The Hall–Kier alpha value is -1.29. The van der Waals surface area contributed by atoms with E-state index in [1.807, 2.05) is 24.2 Å². The maximum absolute atomic E-state index is 12.1. The van der Waals surface area contributed by atoms with Crippen LogP contribution in [-0.2, 0) is 11.2 Å². The van der Waals surface area contributed by atoms with E-state index in [2.05, 4.69) is 16.4 Å². The molecule has 1 aliphatic heterocycles. The van der Waals surface area contributed by atoms with Gasteiger partial charge in [-0.05, 0) is 31.5 Å². The molecule has 2 heterocycles. The highest BCUT2D eigenvalue weighted by molar-refractivity contribution is 5.78. The topological polar surface area (TPSA) is 48.1 Å². The number of amides is 1. The second kappa shape index (κ2) is 5.87. The van der Waals surface area contributed by atoms with Gasteiger partial charge in [0, 0.05) is 38.4 Å². The largest absolute Gasteiger partial charge is 0.365 e. The van der Waals surface area contributed by atoms with E-state index in [9.17, 15) is 4.79 Å². The molecule has 1 aromatic rings. The first-order valence-corrected chi connectivity index (χ1v) is 6.35. The monoisotopic (exact) mass is 235 g/mol. The normalized spacial score (nSPS) is 20.2. The lowest BCUT2D eigenvalue weighted by molar-refractivity contribution is -0.134. The number of nitrogens with one attached hydrogen (secondary N) is 2. The molecule has 0 saturated carbocycles. The minimum Gasteiger partial charge on any atom is -0.365 e. The molecule has 2 N–H and O–H groups in total. The van der Waals surface area contributed by atoms with Crippen molar-refractivity contribution in [3.8, 4) is 0 Å². The van der Waals surface area contributed by atoms with Crippen LogP contribution in [0.4, 0.5) is 0 Å². The maximum atomic E-state index is 12.1. The highest BCUT2D eigenvalue weighted by atomic mass is 16.2. The third-order valence-electron chi connectivity index (χ3n) is 3.40. The second-order valence-electron chi connectivity index (χ2n) is 4.75. The number of piperidine rings is 1. The molecule has 0 radical (unpaired) electrons. The zero-order valence-electron chi connectivity index (χ0n) is 10.4. The van der Waals surface area contributed by atoms with Crippen molar-refractivity contribution >= 4 is 5.91 Å². The molecule has 1 saturated heterocycles. The van der Waals surface area contributed by atoms with Gasteiger partial charge in [0.25, 0.3) is 0 Å². The summed E-state index contributed by atoms with van der Waals surface area (Å²) < 4.78 is 0. The van der Waals surface area contributed by atoms with Gasteiger partial charge in [-0.25, -0.2) is 0 Å². The van der Waals surface area contributed by atoms with Gasteiger partial charge in [-0.15, -0.1) is 0 Å². The molecule has 1 atom stereocenters. The summed E-state index contributed by atoms with van der Waals surface area (Å²) in [4.78, 5) is 17.2. The lowest BCUT2D eigenvalue weighted by Gasteiger charge is -2.26. The van der Waals surface area contributed by atoms with E-state index in [1.54, 1.807) is 0 Å². The van der Waals surface area contributed by atoms with E-state index in [4.69, 9.17) is 0 Å². The third-order valence-corrected chi connectivity index (χ3v) is 3.40. The van der Waals surface area contributed by atoms with Crippen LogP contribution in [0.5, 0.6) is 0 Å². The molecule has 1 amide bonds. The maximum Gasteiger partial charge on any atom is 0.226 e. The standard InChI is InChI=1S/C13H21N3O/c1-16(9-6-12-5-3-8-15-12)13(17)11-4-2-7-14-10-11/h3,5,8,11,14-15H,2,4,6-7,9-10H2,1H3. The molecule has 1 fully saturated rings. The average molecular weight is 235 g/mol. The SMILES string of the molecule is CN(CCc1ccc[nH]1)C(=O)C1CCCNC1. The van der Waals surface area contributed by atoms with Crippen LogP contribution in [0.3, 0.4) is 0 Å². The number of rotatable bonds is 4. The first kappa shape index (κ1) is 12.2. The molecule has 17 heavy (non-hydrogen) atoms. The number of carbonyl (C=O) groups excluding carboxylic acids is 1. The van der Waals surface area contributed by atoms with Crippen LogP contribution in [0.2, 0.25) is 0 Å². The van der Waals surface area contributed by atoms with Crippen LogP contribution < -0.4 is 5.32 Å². The number of carbonyl (C=O) groups is 1. The Balaban J connectivity index is 1.78. The van der Waals surface area contributed by atoms with Gasteiger partial charge < -0.3 is 15.2 Å². The van der Waals surface area contributed by atoms with Gasteiger partial charge in [0.05, 0.1) is 5.92 Å². The van der Waals surface area contributed by atoms with Crippen LogP contribution in [-0.4, -0.2) is 42.5 Å². The Morgan fingerprint density at radius 2 is 2.47 bits per heavy atom. The first-order chi connectivity index (χ1) is 8.27. The van der Waals surface area contributed by atoms with Crippen LogP contribution in [0.25, 0.3) is 0 Å². The molecule has 1 aliphatic rings. The number of hydrogen-bond donors (Lipinski definition) is 2. The molecule has 4 heteroatoms. The zero-order valence-corrected chi connectivity index (χ0v) is 10.4. The fourth-order valence-electron chi connectivity index (χ4n) is 2.30. The summed E-state index contributed by atoms with van der Waals surface area (Å²) in [5, 5.41) is 3.29. The predicted molar refractivity (Wildman–Crippen MR) is 67.7 cm³/mol. The van der Waals surface area contributed by atoms with Gasteiger partial charge in [0.15, 0.2) is 0 Å². The molecule has 4 nitrogen and oxygen atoms in total. The summed E-state index contributed by atoms with van der Waals surface area (Å²) in [6.45, 7) is 2.68. The first-order valence-electron chi connectivity index (χ1n) is 6.35. The van der Waals surface area contributed by atoms with Crippen molar-refractivity contribution in [2.45, 2.75) is 19.3 Å². The lowest BCUT2D eigenvalue weighted by Crippen LogP contribution is -2.42. The van der Waals surface area contributed by atoms with Gasteiger partial charge in [-0.2, -0.15) is 0 Å². The molecule has 1 aromatic heterocycles. The van der Waals surface area contributed by atoms with E-state index in [1.165, 1.54) is 5.69 Å². The predicted octanol–water partition coefficient (Wildman–Crippen LogP) is 1.02. The Morgan fingerprint density at radius 1 is 1.59 bits per heavy atom. The van der Waals surface area contributed by atoms with Crippen molar-refractivity contribution in [3.05, 3.63) is 24.0 Å². The minimum absolute atomic E-state index is 0.178. The van der Waals surface area contributed by atoms with E-state index in [-0.39, 0.29) is 11.8 Å². The van der Waals surface area contributed by atoms with Gasteiger partial charge in [0.1, 0.15) is 0 Å². The molecular weight excluding hydrogens is 214 g/mol. The quantitative estimate of drug-likeness (QED) is 0.818. The Kier molecular flexibility index (Phi) is 4.20. The number of nitrogens with zero attached hydrogens (tertiary/aromatic N) is 1. The van der Waals surface area contributed by atoms with Crippen LogP contribution in [0.15, 0.2) is 18.3 Å². The highest BCUT2D eigenvalue weighted by Gasteiger charge is 2.23. The third kappa shape index (κ3) is 3.33. The fraction of sp³-hybridized carbons (Fsp3) is 0.615.